The molecule has 0 unspecified atom stereocenters. The molecule has 0 fully saturated rings. The third-order valence-electron chi connectivity index (χ3n) is 2.25. The number of thiazole rings is 1. The van der Waals surface area contributed by atoms with Crippen LogP contribution in [0.5, 0.6) is 0 Å². The predicted octanol–water partition coefficient (Wildman–Crippen LogP) is 2.74. The second-order valence-electron chi connectivity index (χ2n) is 3.54. The highest BCUT2D eigenvalue weighted by molar-refractivity contribution is 7.09. The first-order chi connectivity index (χ1) is 7.65. The Morgan fingerprint density at radius 3 is 2.56 bits per heavy atom. The van der Waals surface area contributed by atoms with Crippen LogP contribution < -0.4 is 0 Å². The van der Waals surface area contributed by atoms with Crippen LogP contribution in [0, 0.1) is 6.92 Å². The second-order valence-corrected chi connectivity index (χ2v) is 4.60. The smallest absolute Gasteiger partial charge is 0.335 e. The van der Waals surface area contributed by atoms with Crippen LogP contribution in [0.2, 0.25) is 0 Å². The third kappa shape index (κ3) is 2.46. The number of benzene rings is 1. The highest BCUT2D eigenvalue weighted by Gasteiger charge is 2.03. The predicted molar refractivity (Wildman–Crippen MR) is 63.1 cm³/mol. The zero-order chi connectivity index (χ0) is 11.5. The summed E-state index contributed by atoms with van der Waals surface area (Å²) in [6, 6.07) is 6.91. The number of aromatic nitrogens is 1. The Balaban J connectivity index is 2.14. The molecule has 4 heteroatoms. The van der Waals surface area contributed by atoms with Crippen LogP contribution in [0.3, 0.4) is 0 Å². The van der Waals surface area contributed by atoms with Crippen molar-refractivity contribution in [1.82, 2.24) is 4.98 Å². The van der Waals surface area contributed by atoms with E-state index >= 15 is 0 Å². The summed E-state index contributed by atoms with van der Waals surface area (Å²) < 4.78 is 0. The number of aryl methyl sites for hydroxylation is 1. The van der Waals surface area contributed by atoms with E-state index in [2.05, 4.69) is 4.98 Å². The number of rotatable bonds is 3. The van der Waals surface area contributed by atoms with Gasteiger partial charge in [0.2, 0.25) is 0 Å². The lowest BCUT2D eigenvalue weighted by Crippen LogP contribution is -1.96. The minimum Gasteiger partial charge on any atom is -0.478 e. The van der Waals surface area contributed by atoms with Crippen molar-refractivity contribution in [3.63, 3.8) is 0 Å². The van der Waals surface area contributed by atoms with E-state index in [1.54, 1.807) is 23.5 Å². The Bertz CT molecular complexity index is 502. The van der Waals surface area contributed by atoms with Gasteiger partial charge in [-0.05, 0) is 24.6 Å². The van der Waals surface area contributed by atoms with Crippen LogP contribution in [0.4, 0.5) is 0 Å². The summed E-state index contributed by atoms with van der Waals surface area (Å²) >= 11 is 1.63. The average Bonchev–Trinajstić information content (AvgIpc) is 2.65. The standard InChI is InChI=1S/C12H11NO2S/c1-8-13-11(7-16-8)6-9-2-4-10(5-3-9)12(14)15/h2-5,7H,6H2,1H3,(H,14,15). The molecule has 2 aromatic rings. The molecule has 0 aliphatic rings. The lowest BCUT2D eigenvalue weighted by molar-refractivity contribution is 0.0697. The van der Waals surface area contributed by atoms with Crippen LogP contribution in [0.25, 0.3) is 0 Å². The molecule has 16 heavy (non-hydrogen) atoms. The van der Waals surface area contributed by atoms with E-state index in [4.69, 9.17) is 5.11 Å². The highest BCUT2D eigenvalue weighted by atomic mass is 32.1. The van der Waals surface area contributed by atoms with Crippen molar-refractivity contribution in [2.75, 3.05) is 0 Å². The first-order valence-corrected chi connectivity index (χ1v) is 5.76. The lowest BCUT2D eigenvalue weighted by Gasteiger charge is -1.99. The van der Waals surface area contributed by atoms with Crippen LogP contribution in [-0.2, 0) is 6.42 Å². The third-order valence-corrected chi connectivity index (χ3v) is 3.08. The number of nitrogens with zero attached hydrogens (tertiary/aromatic N) is 1. The van der Waals surface area contributed by atoms with E-state index in [0.29, 0.717) is 5.56 Å². The molecular formula is C12H11NO2S. The van der Waals surface area contributed by atoms with Gasteiger partial charge in [0.25, 0.3) is 0 Å². The summed E-state index contributed by atoms with van der Waals surface area (Å²) in [6.45, 7) is 1.97. The molecule has 0 amide bonds. The molecule has 0 bridgehead atoms. The van der Waals surface area contributed by atoms with Gasteiger partial charge in [-0.3, -0.25) is 0 Å². The topological polar surface area (TPSA) is 50.2 Å². The zero-order valence-electron chi connectivity index (χ0n) is 8.80. The second kappa shape index (κ2) is 4.45. The molecule has 0 radical (unpaired) electrons. The van der Waals surface area contributed by atoms with Gasteiger partial charge >= 0.3 is 5.97 Å². The Hall–Kier alpha value is -1.68. The quantitative estimate of drug-likeness (QED) is 0.886. The van der Waals surface area contributed by atoms with Gasteiger partial charge in [-0.25, -0.2) is 9.78 Å². The minimum atomic E-state index is -0.893. The molecular weight excluding hydrogens is 222 g/mol. The summed E-state index contributed by atoms with van der Waals surface area (Å²) in [7, 11) is 0. The number of hydrogen-bond acceptors (Lipinski definition) is 3. The SMILES string of the molecule is Cc1nc(Cc2ccc(C(=O)O)cc2)cs1. The molecule has 1 heterocycles. The largest absolute Gasteiger partial charge is 0.478 e. The van der Waals surface area contributed by atoms with Gasteiger partial charge in [-0.15, -0.1) is 11.3 Å². The van der Waals surface area contributed by atoms with E-state index in [0.717, 1.165) is 22.7 Å². The summed E-state index contributed by atoms with van der Waals surface area (Å²) in [5.74, 6) is -0.893. The fourth-order valence-electron chi connectivity index (χ4n) is 1.46. The van der Waals surface area contributed by atoms with Crippen LogP contribution in [0.15, 0.2) is 29.6 Å². The van der Waals surface area contributed by atoms with Crippen molar-refractivity contribution in [2.45, 2.75) is 13.3 Å². The first kappa shape index (κ1) is 10.8. The molecule has 0 spiro atoms. The molecule has 2 rings (SSSR count). The molecule has 0 aliphatic heterocycles. The Morgan fingerprint density at radius 2 is 2.06 bits per heavy atom. The molecule has 1 aromatic carbocycles. The van der Waals surface area contributed by atoms with Crippen molar-refractivity contribution < 1.29 is 9.90 Å². The molecule has 0 atom stereocenters. The summed E-state index contributed by atoms with van der Waals surface area (Å²) in [6.07, 6.45) is 0.754. The van der Waals surface area contributed by atoms with Crippen LogP contribution >= 0.6 is 11.3 Å². The van der Waals surface area contributed by atoms with E-state index in [1.807, 2.05) is 24.4 Å². The fourth-order valence-corrected chi connectivity index (χ4v) is 2.08. The monoisotopic (exact) mass is 233 g/mol. The van der Waals surface area contributed by atoms with Crippen LogP contribution in [-0.4, -0.2) is 16.1 Å². The van der Waals surface area contributed by atoms with Crippen molar-refractivity contribution in [1.29, 1.82) is 0 Å². The number of hydrogen-bond donors (Lipinski definition) is 1. The van der Waals surface area contributed by atoms with Gasteiger partial charge < -0.3 is 5.11 Å². The first-order valence-electron chi connectivity index (χ1n) is 4.88. The molecule has 3 nitrogen and oxygen atoms in total. The molecule has 1 N–H and O–H groups in total. The van der Waals surface area contributed by atoms with Gasteiger partial charge in [0.15, 0.2) is 0 Å². The van der Waals surface area contributed by atoms with Gasteiger partial charge in [-0.2, -0.15) is 0 Å². The Labute approximate surface area is 97.4 Å². The summed E-state index contributed by atoms with van der Waals surface area (Å²) in [5, 5.41) is 11.8. The maximum atomic E-state index is 10.7. The van der Waals surface area contributed by atoms with Crippen molar-refractivity contribution in [2.24, 2.45) is 0 Å². The molecule has 0 saturated carbocycles. The van der Waals surface area contributed by atoms with E-state index in [1.165, 1.54) is 0 Å². The van der Waals surface area contributed by atoms with E-state index in [9.17, 15) is 4.79 Å². The van der Waals surface area contributed by atoms with Crippen molar-refractivity contribution in [3.05, 3.63) is 51.5 Å². The number of carboxylic acid groups (broad SMARTS) is 1. The maximum Gasteiger partial charge on any atom is 0.335 e. The maximum absolute atomic E-state index is 10.7. The average molecular weight is 233 g/mol. The lowest BCUT2D eigenvalue weighted by atomic mass is 10.1. The Kier molecular flexibility index (Phi) is 3.01. The van der Waals surface area contributed by atoms with Gasteiger partial charge in [0, 0.05) is 11.8 Å². The highest BCUT2D eigenvalue weighted by Crippen LogP contribution is 2.13. The normalized spacial score (nSPS) is 10.3. The molecule has 0 aliphatic carbocycles. The van der Waals surface area contributed by atoms with Crippen LogP contribution in [0.1, 0.15) is 26.6 Å². The zero-order valence-corrected chi connectivity index (χ0v) is 9.62. The number of aromatic carboxylic acids is 1. The van der Waals surface area contributed by atoms with Crippen molar-refractivity contribution in [3.8, 4) is 0 Å². The Morgan fingerprint density at radius 1 is 1.38 bits per heavy atom. The number of carboxylic acids is 1. The summed E-state index contributed by atoms with van der Waals surface area (Å²) in [5.41, 5.74) is 2.43. The van der Waals surface area contributed by atoms with Crippen molar-refractivity contribution >= 4 is 17.3 Å². The summed E-state index contributed by atoms with van der Waals surface area (Å²) in [4.78, 5) is 15.0. The molecule has 1 aromatic heterocycles. The molecule has 82 valence electrons. The number of carbonyl (C=O) groups is 1. The van der Waals surface area contributed by atoms with E-state index in [-0.39, 0.29) is 0 Å². The molecule has 0 saturated heterocycles. The fraction of sp³-hybridized carbons (Fsp3) is 0.167. The van der Waals surface area contributed by atoms with Gasteiger partial charge in [0.1, 0.15) is 0 Å². The van der Waals surface area contributed by atoms with Gasteiger partial charge in [0.05, 0.1) is 16.3 Å². The van der Waals surface area contributed by atoms with Gasteiger partial charge in [-0.1, -0.05) is 12.1 Å². The van der Waals surface area contributed by atoms with E-state index < -0.39 is 5.97 Å². The minimum absolute atomic E-state index is 0.318.